The van der Waals surface area contributed by atoms with E-state index in [9.17, 15) is 32.5 Å². The molecule has 0 unspecified atom stereocenters. The van der Waals surface area contributed by atoms with E-state index in [0.29, 0.717) is 18.7 Å². The molecule has 2 amide bonds. The van der Waals surface area contributed by atoms with E-state index in [0.717, 1.165) is 11.3 Å². The van der Waals surface area contributed by atoms with Crippen molar-refractivity contribution in [3.05, 3.63) is 23.0 Å². The molecule has 3 rings (SSSR count). The highest BCUT2D eigenvalue weighted by atomic mass is 32.2. The Balaban J connectivity index is 1.88. The number of aromatic nitrogens is 4. The van der Waals surface area contributed by atoms with E-state index in [1.807, 2.05) is 0 Å². The fourth-order valence-electron chi connectivity index (χ4n) is 3.03. The fourth-order valence-corrected chi connectivity index (χ4v) is 4.45. The second-order valence-electron chi connectivity index (χ2n) is 8.02. The number of carboxylic acid groups (broad SMARTS) is 1. The van der Waals surface area contributed by atoms with Crippen LogP contribution in [-0.2, 0) is 42.5 Å². The molecule has 17 nitrogen and oxygen atoms in total. The van der Waals surface area contributed by atoms with Crippen molar-refractivity contribution in [2.75, 3.05) is 12.3 Å². The van der Waals surface area contributed by atoms with Crippen LogP contribution in [0.25, 0.3) is 0 Å². The van der Waals surface area contributed by atoms with Crippen molar-refractivity contribution < 1.29 is 37.3 Å². The predicted octanol–water partition coefficient (Wildman–Crippen LogP) is -2.40. The van der Waals surface area contributed by atoms with Crippen LogP contribution >= 0.6 is 11.3 Å². The van der Waals surface area contributed by atoms with Crippen molar-refractivity contribution in [2.24, 2.45) is 10.9 Å². The summed E-state index contributed by atoms with van der Waals surface area (Å²) in [6.07, 6.45) is 1.87. The molecule has 36 heavy (non-hydrogen) atoms. The Morgan fingerprint density at radius 2 is 2.08 bits per heavy atom. The molecule has 1 aliphatic rings. The number of hydrogen-bond donors (Lipinski definition) is 5. The topological polar surface area (TPSA) is 258 Å². The van der Waals surface area contributed by atoms with E-state index in [4.69, 9.17) is 16.3 Å². The number of nitrogens with two attached hydrogens (primary N) is 2. The van der Waals surface area contributed by atoms with Crippen LogP contribution in [0.15, 0.2) is 16.7 Å². The van der Waals surface area contributed by atoms with E-state index >= 15 is 0 Å². The Morgan fingerprint density at radius 3 is 2.64 bits per heavy atom. The number of aliphatic carboxylic acids is 1. The summed E-state index contributed by atoms with van der Waals surface area (Å²) in [7, 11) is -4.96. The normalized spacial score (nSPS) is 18.6. The van der Waals surface area contributed by atoms with Gasteiger partial charge in [0, 0.05) is 18.0 Å². The average molecular weight is 546 g/mol. The van der Waals surface area contributed by atoms with E-state index in [-0.39, 0.29) is 21.7 Å². The number of carbonyl (C=O) groups excluding carboxylic acids is 2. The summed E-state index contributed by atoms with van der Waals surface area (Å²) in [6, 6.07) is -2.71. The average Bonchev–Trinajstić information content (AvgIpc) is 3.39. The first-order chi connectivity index (χ1) is 16.7. The standard InChI is InChI=1S/C17H23N9O8S2/c1-17(2,15(29)30)34-23-11(9-7-35-16(19)20-9)13(27)21-12-10(26(14(12)28)36(31,32)33)6-25-5-8(3-4-18)22-24-25/h5,7,10,12H,3-4,6,18H2,1-2H3,(H2,19,20)(H,21,27)(H,29,30)(H,31,32,33)/b23-11+/t10-,12+/m1/s1. The quantitative estimate of drug-likeness (QED) is 0.0854. The molecule has 3 heterocycles. The molecule has 0 aliphatic carbocycles. The SMILES string of the molecule is CC(C)(O/N=C(/C(=O)N[C@@H]1C(=O)N(S(=O)(=O)O)[C@@H]1Cn1cc(CCN)nn1)c1csc(N)n1)C(=O)O. The van der Waals surface area contributed by atoms with Gasteiger partial charge in [-0.05, 0) is 20.4 Å². The third-order valence-electron chi connectivity index (χ3n) is 4.92. The number of carboxylic acids is 1. The molecule has 2 aromatic heterocycles. The fraction of sp³-hybridized carbons (Fsp3) is 0.471. The lowest BCUT2D eigenvalue weighted by Crippen LogP contribution is -2.73. The summed E-state index contributed by atoms with van der Waals surface area (Å²) in [5, 5.41) is 24.3. The molecular formula is C17H23N9O8S2. The maximum atomic E-state index is 13.1. The largest absolute Gasteiger partial charge is 0.478 e. The Hall–Kier alpha value is -3.68. The molecule has 19 heteroatoms. The minimum absolute atomic E-state index is 0.0672. The van der Waals surface area contributed by atoms with Crippen LogP contribution in [0.4, 0.5) is 5.13 Å². The lowest BCUT2D eigenvalue weighted by Gasteiger charge is -2.43. The highest BCUT2D eigenvalue weighted by molar-refractivity contribution is 7.84. The van der Waals surface area contributed by atoms with Gasteiger partial charge in [-0.1, -0.05) is 10.4 Å². The van der Waals surface area contributed by atoms with Gasteiger partial charge in [0.05, 0.1) is 18.3 Å². The number of nitrogen functional groups attached to an aromatic ring is 1. The summed E-state index contributed by atoms with van der Waals surface area (Å²) in [5.41, 5.74) is 9.18. The summed E-state index contributed by atoms with van der Waals surface area (Å²) in [6.45, 7) is 2.42. The first-order valence-corrected chi connectivity index (χ1v) is 12.4. The molecule has 0 saturated carbocycles. The molecule has 2 aromatic rings. The highest BCUT2D eigenvalue weighted by Crippen LogP contribution is 2.25. The smallest absolute Gasteiger partial charge is 0.362 e. The number of hydrogen-bond acceptors (Lipinski definition) is 13. The monoisotopic (exact) mass is 545 g/mol. The van der Waals surface area contributed by atoms with Gasteiger partial charge in [0.15, 0.2) is 10.8 Å². The van der Waals surface area contributed by atoms with Crippen molar-refractivity contribution in [1.82, 2.24) is 29.6 Å². The molecule has 0 aromatic carbocycles. The van der Waals surface area contributed by atoms with Gasteiger partial charge in [-0.15, -0.1) is 16.4 Å². The first kappa shape index (κ1) is 26.9. The van der Waals surface area contributed by atoms with Gasteiger partial charge in [-0.3, -0.25) is 18.8 Å². The number of thiazole rings is 1. The third-order valence-corrected chi connectivity index (χ3v) is 6.55. The lowest BCUT2D eigenvalue weighted by molar-refractivity contribution is -0.161. The van der Waals surface area contributed by atoms with E-state index in [1.165, 1.54) is 30.1 Å². The zero-order chi connectivity index (χ0) is 26.8. The molecule has 1 fully saturated rings. The predicted molar refractivity (Wildman–Crippen MR) is 123 cm³/mol. The van der Waals surface area contributed by atoms with E-state index in [1.54, 1.807) is 0 Å². The van der Waals surface area contributed by atoms with Gasteiger partial charge < -0.3 is 26.7 Å². The number of nitrogens with one attached hydrogen (secondary N) is 1. The van der Waals surface area contributed by atoms with Crippen LogP contribution in [0, 0.1) is 0 Å². The summed E-state index contributed by atoms with van der Waals surface area (Å²) in [5.74, 6) is -3.53. The van der Waals surface area contributed by atoms with Gasteiger partial charge in [0.1, 0.15) is 11.7 Å². The van der Waals surface area contributed by atoms with Gasteiger partial charge in [0.25, 0.3) is 11.8 Å². The summed E-state index contributed by atoms with van der Waals surface area (Å²) >= 11 is 0.960. The van der Waals surface area contributed by atoms with Gasteiger partial charge in [0.2, 0.25) is 5.60 Å². The molecule has 0 spiro atoms. The van der Waals surface area contributed by atoms with Gasteiger partial charge in [-0.25, -0.2) is 14.1 Å². The van der Waals surface area contributed by atoms with Crippen LogP contribution in [0.3, 0.4) is 0 Å². The minimum atomic E-state index is -4.96. The molecule has 1 saturated heterocycles. The van der Waals surface area contributed by atoms with E-state index in [2.05, 4.69) is 25.8 Å². The Kier molecular flexibility index (Phi) is 7.57. The molecular weight excluding hydrogens is 522 g/mol. The van der Waals surface area contributed by atoms with Gasteiger partial charge >= 0.3 is 16.3 Å². The van der Waals surface area contributed by atoms with Crippen LogP contribution in [0.1, 0.15) is 25.2 Å². The van der Waals surface area contributed by atoms with Crippen molar-refractivity contribution in [2.45, 2.75) is 44.5 Å². The second-order valence-corrected chi connectivity index (χ2v) is 10.2. The van der Waals surface area contributed by atoms with Gasteiger partial charge in [-0.2, -0.15) is 8.42 Å². The van der Waals surface area contributed by atoms with Crippen LogP contribution < -0.4 is 16.8 Å². The maximum Gasteiger partial charge on any atom is 0.362 e. The van der Waals surface area contributed by atoms with E-state index < -0.39 is 51.5 Å². The zero-order valence-corrected chi connectivity index (χ0v) is 20.6. The molecule has 196 valence electrons. The Labute approximate surface area is 208 Å². The first-order valence-electron chi connectivity index (χ1n) is 10.2. The molecule has 2 atom stereocenters. The number of rotatable bonds is 11. The van der Waals surface area contributed by atoms with Crippen molar-refractivity contribution >= 4 is 50.3 Å². The van der Waals surface area contributed by atoms with Crippen LogP contribution in [0.5, 0.6) is 0 Å². The van der Waals surface area contributed by atoms with Crippen LogP contribution in [-0.4, -0.2) is 90.1 Å². The Bertz CT molecular complexity index is 1300. The molecule has 7 N–H and O–H groups in total. The number of nitrogens with zero attached hydrogens (tertiary/aromatic N) is 6. The zero-order valence-electron chi connectivity index (χ0n) is 18.9. The minimum Gasteiger partial charge on any atom is -0.478 e. The number of oxime groups is 1. The Morgan fingerprint density at radius 1 is 1.39 bits per heavy atom. The highest BCUT2D eigenvalue weighted by Gasteiger charge is 2.54. The van der Waals surface area contributed by atoms with Crippen molar-refractivity contribution in [3.63, 3.8) is 0 Å². The maximum absolute atomic E-state index is 13.1. The number of amides is 2. The summed E-state index contributed by atoms with van der Waals surface area (Å²) < 4.78 is 34.4. The van der Waals surface area contributed by atoms with Crippen molar-refractivity contribution in [1.29, 1.82) is 0 Å². The number of carbonyl (C=O) groups is 3. The second kappa shape index (κ2) is 10.1. The molecule has 0 radical (unpaired) electrons. The third kappa shape index (κ3) is 5.75. The lowest BCUT2D eigenvalue weighted by atomic mass is 9.98. The number of β-lactam (4-membered cyclic amide) rings is 1. The molecule has 1 aliphatic heterocycles. The molecule has 0 bridgehead atoms. The van der Waals surface area contributed by atoms with Crippen LogP contribution in [0.2, 0.25) is 0 Å². The van der Waals surface area contributed by atoms with Crippen molar-refractivity contribution in [3.8, 4) is 0 Å². The summed E-state index contributed by atoms with van der Waals surface area (Å²) in [4.78, 5) is 45.9. The number of anilines is 1.